The average molecular weight is 375 g/mol. The summed E-state index contributed by atoms with van der Waals surface area (Å²) in [5.41, 5.74) is 0.748. The Kier molecular flexibility index (Phi) is 10.5. The van der Waals surface area contributed by atoms with Crippen molar-refractivity contribution in [1.82, 2.24) is 0 Å². The number of hydrogen-bond acceptors (Lipinski definition) is 2. The number of rotatable bonds is 12. The third-order valence-electron chi connectivity index (χ3n) is 5.66. The van der Waals surface area contributed by atoms with Crippen molar-refractivity contribution in [2.45, 2.75) is 107 Å². The zero-order chi connectivity index (χ0) is 18.5. The number of unbranched alkanes of at least 4 members (excludes halogenated alkanes) is 7. The van der Waals surface area contributed by atoms with Gasteiger partial charge in [0.15, 0.2) is 0 Å². The van der Waals surface area contributed by atoms with Gasteiger partial charge in [0.05, 0.1) is 5.60 Å². The topological polar surface area (TPSA) is 20.2 Å². The molecule has 1 nitrogen and oxygen atoms in total. The van der Waals surface area contributed by atoms with Crippen LogP contribution < -0.4 is 0 Å². The molecule has 0 spiro atoms. The molecule has 0 heterocycles. The van der Waals surface area contributed by atoms with Crippen molar-refractivity contribution in [3.05, 3.63) is 41.3 Å². The second kappa shape index (κ2) is 12.6. The maximum absolute atomic E-state index is 11.2. The van der Waals surface area contributed by atoms with E-state index < -0.39 is 5.60 Å². The molecule has 1 aliphatic rings. The molecule has 26 heavy (non-hydrogen) atoms. The minimum atomic E-state index is -0.541. The Labute approximate surface area is 165 Å². The molecule has 0 bridgehead atoms. The zero-order valence-corrected chi connectivity index (χ0v) is 17.5. The highest BCUT2D eigenvalue weighted by atomic mass is 32.2. The van der Waals surface area contributed by atoms with Gasteiger partial charge in [-0.25, -0.2) is 0 Å². The first-order valence-corrected chi connectivity index (χ1v) is 11.8. The Morgan fingerprint density at radius 1 is 0.923 bits per heavy atom. The van der Waals surface area contributed by atoms with E-state index in [9.17, 15) is 5.11 Å². The van der Waals surface area contributed by atoms with Crippen LogP contribution in [0.2, 0.25) is 0 Å². The molecular weight excluding hydrogens is 336 g/mol. The van der Waals surface area contributed by atoms with Gasteiger partial charge in [-0.2, -0.15) is 0 Å². The molecule has 0 saturated heterocycles. The molecule has 146 valence electrons. The van der Waals surface area contributed by atoms with Gasteiger partial charge in [0.1, 0.15) is 0 Å². The predicted octanol–water partition coefficient (Wildman–Crippen LogP) is 7.89. The van der Waals surface area contributed by atoms with Gasteiger partial charge in [0.25, 0.3) is 0 Å². The number of hydrogen-bond donors (Lipinski definition) is 1. The third-order valence-corrected chi connectivity index (χ3v) is 6.61. The Morgan fingerprint density at radius 3 is 2.19 bits per heavy atom. The summed E-state index contributed by atoms with van der Waals surface area (Å²) >= 11 is 1.78. The third kappa shape index (κ3) is 7.88. The molecule has 1 aromatic carbocycles. The second-order valence-corrected chi connectivity index (χ2v) is 8.83. The first kappa shape index (κ1) is 21.6. The summed E-state index contributed by atoms with van der Waals surface area (Å²) in [4.78, 5) is 1.26. The quantitative estimate of drug-likeness (QED) is 0.296. The highest BCUT2D eigenvalue weighted by Gasteiger charge is 2.32. The van der Waals surface area contributed by atoms with E-state index in [0.29, 0.717) is 0 Å². The highest BCUT2D eigenvalue weighted by molar-refractivity contribution is 8.02. The monoisotopic (exact) mass is 374 g/mol. The van der Waals surface area contributed by atoms with Gasteiger partial charge < -0.3 is 5.11 Å². The van der Waals surface area contributed by atoms with Gasteiger partial charge in [0, 0.05) is 4.90 Å². The van der Waals surface area contributed by atoms with E-state index in [1.54, 1.807) is 11.8 Å². The van der Waals surface area contributed by atoms with Crippen LogP contribution in [0.4, 0.5) is 0 Å². The van der Waals surface area contributed by atoms with E-state index in [0.717, 1.165) is 19.3 Å². The Hall–Kier alpha value is -0.730. The first-order valence-electron chi connectivity index (χ1n) is 10.9. The molecule has 2 rings (SSSR count). The van der Waals surface area contributed by atoms with Gasteiger partial charge in [0.2, 0.25) is 0 Å². The largest absolute Gasteiger partial charge is 0.385 e. The summed E-state index contributed by atoms with van der Waals surface area (Å²) < 4.78 is 0. The lowest BCUT2D eigenvalue weighted by atomic mass is 9.78. The van der Waals surface area contributed by atoms with Gasteiger partial charge in [-0.15, -0.1) is 0 Å². The number of aliphatic hydroxyl groups is 1. The van der Waals surface area contributed by atoms with E-state index in [-0.39, 0.29) is 0 Å². The van der Waals surface area contributed by atoms with Crippen molar-refractivity contribution < 1.29 is 5.11 Å². The van der Waals surface area contributed by atoms with Crippen LogP contribution in [0.3, 0.4) is 0 Å². The van der Waals surface area contributed by atoms with Crippen molar-refractivity contribution in [2.75, 3.05) is 0 Å². The van der Waals surface area contributed by atoms with Crippen molar-refractivity contribution in [3.63, 3.8) is 0 Å². The van der Waals surface area contributed by atoms with E-state index in [1.807, 2.05) is 0 Å². The molecular formula is C24H38OS. The molecule has 0 radical (unpaired) electrons. The number of benzene rings is 1. The van der Waals surface area contributed by atoms with Crippen LogP contribution in [-0.2, 0) is 0 Å². The van der Waals surface area contributed by atoms with Crippen LogP contribution in [-0.4, -0.2) is 10.7 Å². The smallest absolute Gasteiger partial charge is 0.0864 e. The van der Waals surface area contributed by atoms with Crippen LogP contribution in [0.5, 0.6) is 0 Å². The zero-order valence-electron chi connectivity index (χ0n) is 16.7. The van der Waals surface area contributed by atoms with Gasteiger partial charge in [-0.3, -0.25) is 0 Å². The molecule has 0 amide bonds. The fourth-order valence-electron chi connectivity index (χ4n) is 3.95. The lowest BCUT2D eigenvalue weighted by Crippen LogP contribution is -2.33. The average Bonchev–Trinajstić information content (AvgIpc) is 2.67. The second-order valence-electron chi connectivity index (χ2n) is 7.89. The Morgan fingerprint density at radius 2 is 1.54 bits per heavy atom. The van der Waals surface area contributed by atoms with Crippen molar-refractivity contribution in [2.24, 2.45) is 0 Å². The first-order chi connectivity index (χ1) is 12.7. The lowest BCUT2D eigenvalue weighted by Gasteiger charge is -2.35. The molecule has 1 saturated carbocycles. The van der Waals surface area contributed by atoms with Gasteiger partial charge in [-0.1, -0.05) is 101 Å². The molecule has 0 aromatic heterocycles. The van der Waals surface area contributed by atoms with E-state index >= 15 is 0 Å². The van der Waals surface area contributed by atoms with Crippen molar-refractivity contribution >= 4 is 11.8 Å². The fraction of sp³-hybridized carbons (Fsp3) is 0.667. The normalized spacial score (nSPS) is 17.4. The van der Waals surface area contributed by atoms with E-state index in [4.69, 9.17) is 0 Å². The summed E-state index contributed by atoms with van der Waals surface area (Å²) in [6, 6.07) is 10.5. The molecule has 0 aliphatic heterocycles. The maximum atomic E-state index is 11.2. The summed E-state index contributed by atoms with van der Waals surface area (Å²) in [7, 11) is 0. The van der Waals surface area contributed by atoms with Crippen LogP contribution in [0.25, 0.3) is 0 Å². The SMILES string of the molecule is CCCCCCCCCC/C(=C\Sc1ccccc1)C1(O)CCCCC1. The van der Waals surface area contributed by atoms with Gasteiger partial charge in [-0.05, 0) is 48.8 Å². The summed E-state index contributed by atoms with van der Waals surface area (Å²) in [6.45, 7) is 2.28. The van der Waals surface area contributed by atoms with Crippen LogP contribution in [0.1, 0.15) is 96.8 Å². The van der Waals surface area contributed by atoms with Crippen LogP contribution in [0.15, 0.2) is 46.2 Å². The maximum Gasteiger partial charge on any atom is 0.0864 e. The summed E-state index contributed by atoms with van der Waals surface area (Å²) in [5, 5.41) is 13.5. The predicted molar refractivity (Wildman–Crippen MR) is 116 cm³/mol. The molecule has 0 unspecified atom stereocenters. The van der Waals surface area contributed by atoms with Crippen molar-refractivity contribution in [3.8, 4) is 0 Å². The van der Waals surface area contributed by atoms with Crippen LogP contribution >= 0.6 is 11.8 Å². The molecule has 1 fully saturated rings. The Bertz CT molecular complexity index is 502. The molecule has 2 heteroatoms. The molecule has 1 N–H and O–H groups in total. The molecule has 0 atom stereocenters. The van der Waals surface area contributed by atoms with Crippen molar-refractivity contribution in [1.29, 1.82) is 0 Å². The van der Waals surface area contributed by atoms with E-state index in [2.05, 4.69) is 42.7 Å². The molecule has 1 aliphatic carbocycles. The minimum absolute atomic E-state index is 0.541. The summed E-state index contributed by atoms with van der Waals surface area (Å²) in [6.07, 6.45) is 17.3. The standard InChI is InChI=1S/C24H38OS/c1-2-3-4-5-6-7-8-11-16-22(24(25)19-14-10-15-20-24)21-26-23-17-12-9-13-18-23/h9,12-13,17-18,21,25H,2-8,10-11,14-16,19-20H2,1H3/b22-21+. The number of thioether (sulfide) groups is 1. The lowest BCUT2D eigenvalue weighted by molar-refractivity contribution is 0.0364. The van der Waals surface area contributed by atoms with Crippen LogP contribution in [0, 0.1) is 0 Å². The molecule has 1 aromatic rings. The van der Waals surface area contributed by atoms with Gasteiger partial charge >= 0.3 is 0 Å². The summed E-state index contributed by atoms with van der Waals surface area (Å²) in [5.74, 6) is 0. The Balaban J connectivity index is 1.83. The fourth-order valence-corrected chi connectivity index (χ4v) is 4.88. The minimum Gasteiger partial charge on any atom is -0.385 e. The highest BCUT2D eigenvalue weighted by Crippen LogP contribution is 2.38. The van der Waals surface area contributed by atoms with E-state index in [1.165, 1.54) is 81.1 Å².